The van der Waals surface area contributed by atoms with E-state index < -0.39 is 16.0 Å². The van der Waals surface area contributed by atoms with E-state index in [1.807, 2.05) is 0 Å². The lowest BCUT2D eigenvalue weighted by Gasteiger charge is -2.12. The molecule has 2 N–H and O–H groups in total. The van der Waals surface area contributed by atoms with E-state index in [-0.39, 0.29) is 16.3 Å². The molecule has 0 saturated heterocycles. The number of benzene rings is 3. The fourth-order valence-corrected chi connectivity index (χ4v) is 5.27. The number of anilines is 1. The minimum atomic E-state index is -4.00. The van der Waals surface area contributed by atoms with Crippen molar-refractivity contribution in [3.8, 4) is 0 Å². The molecule has 0 unspecified atom stereocenters. The Morgan fingerprint density at radius 2 is 1.77 bits per heavy atom. The molecule has 0 amide bonds. The number of furan rings is 1. The summed E-state index contributed by atoms with van der Waals surface area (Å²) in [5.41, 5.74) is 1.58. The van der Waals surface area contributed by atoms with E-state index in [2.05, 4.69) is 4.72 Å². The molecule has 158 valence electrons. The molecule has 3 aromatic carbocycles. The average Bonchev–Trinajstić information content (AvgIpc) is 3.18. The van der Waals surface area contributed by atoms with Gasteiger partial charge in [-0.1, -0.05) is 48.0 Å². The first-order valence-corrected chi connectivity index (χ1v) is 11.9. The van der Waals surface area contributed by atoms with E-state index in [9.17, 15) is 18.3 Å². The molecule has 6 nitrogen and oxygen atoms in total. The molecule has 0 spiro atoms. The van der Waals surface area contributed by atoms with Crippen molar-refractivity contribution in [3.05, 3.63) is 88.9 Å². The Kier molecular flexibility index (Phi) is 5.95. The highest BCUT2D eigenvalue weighted by Crippen LogP contribution is 2.35. The molecule has 0 atom stereocenters. The van der Waals surface area contributed by atoms with Gasteiger partial charge in [0, 0.05) is 27.1 Å². The predicted molar refractivity (Wildman–Crippen MR) is 121 cm³/mol. The quantitative estimate of drug-likeness (QED) is 0.325. The molecule has 1 heterocycles. The number of rotatable bonds is 7. The number of carbonyl (C=O) groups is 1. The maximum Gasteiger partial charge on any atom is 0.335 e. The summed E-state index contributed by atoms with van der Waals surface area (Å²) in [6.45, 7) is 0. The average molecular weight is 474 g/mol. The van der Waals surface area contributed by atoms with Crippen molar-refractivity contribution in [2.75, 3.05) is 4.72 Å². The van der Waals surface area contributed by atoms with Crippen molar-refractivity contribution < 1.29 is 22.7 Å². The van der Waals surface area contributed by atoms with Gasteiger partial charge in [-0.25, -0.2) is 4.79 Å². The Balaban J connectivity index is 1.62. The molecule has 9 heteroatoms. The van der Waals surface area contributed by atoms with Crippen LogP contribution in [0.1, 0.15) is 15.9 Å². The lowest BCUT2D eigenvalue weighted by molar-refractivity contribution is 0.0696. The van der Waals surface area contributed by atoms with Gasteiger partial charge in [-0.2, -0.15) is 8.42 Å². The van der Waals surface area contributed by atoms with E-state index in [4.69, 9.17) is 16.0 Å². The normalized spacial score (nSPS) is 11.5. The van der Waals surface area contributed by atoms with Crippen LogP contribution in [0.5, 0.6) is 0 Å². The largest absolute Gasteiger partial charge is 0.478 e. The Bertz CT molecular complexity index is 1350. The van der Waals surface area contributed by atoms with E-state index in [1.54, 1.807) is 54.6 Å². The zero-order chi connectivity index (χ0) is 22.0. The zero-order valence-corrected chi connectivity index (χ0v) is 18.3. The first-order valence-electron chi connectivity index (χ1n) is 9.08. The van der Waals surface area contributed by atoms with Crippen molar-refractivity contribution in [2.24, 2.45) is 0 Å². The van der Waals surface area contributed by atoms with Crippen molar-refractivity contribution in [2.45, 2.75) is 15.7 Å². The molecular formula is C22H16ClNO5S2. The molecule has 0 saturated carbocycles. The van der Waals surface area contributed by atoms with Crippen LogP contribution in [0.15, 0.2) is 87.2 Å². The molecule has 0 bridgehead atoms. The molecule has 4 rings (SSSR count). The van der Waals surface area contributed by atoms with Crippen LogP contribution in [-0.4, -0.2) is 19.5 Å². The highest BCUT2D eigenvalue weighted by molar-refractivity contribution is 7.98. The van der Waals surface area contributed by atoms with Gasteiger partial charge in [0.05, 0.1) is 11.3 Å². The first-order chi connectivity index (χ1) is 14.8. The fraction of sp³-hybridized carbons (Fsp3) is 0.0455. The van der Waals surface area contributed by atoms with Gasteiger partial charge in [-0.05, 0) is 35.9 Å². The van der Waals surface area contributed by atoms with Gasteiger partial charge < -0.3 is 9.52 Å². The minimum absolute atomic E-state index is 0.202. The van der Waals surface area contributed by atoms with E-state index >= 15 is 0 Å². The van der Waals surface area contributed by atoms with Crippen LogP contribution in [0.4, 0.5) is 5.69 Å². The van der Waals surface area contributed by atoms with E-state index in [0.717, 1.165) is 0 Å². The maximum absolute atomic E-state index is 12.9. The van der Waals surface area contributed by atoms with Crippen molar-refractivity contribution >= 4 is 56.0 Å². The summed E-state index contributed by atoms with van der Waals surface area (Å²) < 4.78 is 33.9. The molecule has 0 fully saturated rings. The summed E-state index contributed by atoms with van der Waals surface area (Å²) in [4.78, 5) is 12.0. The third-order valence-corrected chi connectivity index (χ3v) is 7.06. The first kappa shape index (κ1) is 21.3. The van der Waals surface area contributed by atoms with Crippen LogP contribution in [0.2, 0.25) is 5.02 Å². The van der Waals surface area contributed by atoms with Crippen molar-refractivity contribution in [3.63, 3.8) is 0 Å². The number of aromatic carboxylic acids is 1. The second kappa shape index (κ2) is 8.66. The molecule has 31 heavy (non-hydrogen) atoms. The van der Waals surface area contributed by atoms with Gasteiger partial charge in [0.15, 0.2) is 0 Å². The van der Waals surface area contributed by atoms with Crippen molar-refractivity contribution in [1.82, 2.24) is 0 Å². The van der Waals surface area contributed by atoms with Gasteiger partial charge >= 0.3 is 5.97 Å². The van der Waals surface area contributed by atoms with Crippen LogP contribution in [0.3, 0.4) is 0 Å². The lowest BCUT2D eigenvalue weighted by Crippen LogP contribution is -2.12. The summed E-state index contributed by atoms with van der Waals surface area (Å²) >= 11 is 7.40. The molecular weight excluding hydrogens is 458 g/mol. The fourth-order valence-electron chi connectivity index (χ4n) is 3.00. The molecule has 4 aromatic rings. The van der Waals surface area contributed by atoms with Crippen LogP contribution >= 0.6 is 23.4 Å². The van der Waals surface area contributed by atoms with Crippen LogP contribution in [-0.2, 0) is 15.8 Å². The van der Waals surface area contributed by atoms with Gasteiger partial charge in [0.25, 0.3) is 10.0 Å². The summed E-state index contributed by atoms with van der Waals surface area (Å²) in [5.74, 6) is -0.679. The van der Waals surface area contributed by atoms with Crippen LogP contribution < -0.4 is 4.72 Å². The maximum atomic E-state index is 12.9. The summed E-state index contributed by atoms with van der Waals surface area (Å²) in [6, 6.07) is 20.0. The third-order valence-electron chi connectivity index (χ3n) is 4.48. The number of fused-ring (bicyclic) bond motifs is 1. The van der Waals surface area contributed by atoms with E-state index in [0.29, 0.717) is 32.2 Å². The Morgan fingerprint density at radius 1 is 1.03 bits per heavy atom. The monoisotopic (exact) mass is 473 g/mol. The second-order valence-corrected chi connectivity index (χ2v) is 9.67. The Hall–Kier alpha value is -2.94. The molecule has 0 aliphatic rings. The molecule has 0 radical (unpaired) electrons. The summed E-state index contributed by atoms with van der Waals surface area (Å²) in [6.07, 6.45) is 0. The third kappa shape index (κ3) is 4.71. The minimum Gasteiger partial charge on any atom is -0.478 e. The zero-order valence-electron chi connectivity index (χ0n) is 15.9. The van der Waals surface area contributed by atoms with Crippen LogP contribution in [0, 0.1) is 0 Å². The number of thioether (sulfide) groups is 1. The smallest absolute Gasteiger partial charge is 0.335 e. The SMILES string of the molecule is O=C(O)c1ccccc1CSc1ccc(Cl)cc1NS(=O)(=O)c1cc2ccccc2o1. The molecule has 1 aromatic heterocycles. The highest BCUT2D eigenvalue weighted by Gasteiger charge is 2.21. The lowest BCUT2D eigenvalue weighted by atomic mass is 10.1. The standard InChI is InChI=1S/C22H16ClNO5S2/c23-16-9-10-20(30-13-15-6-1-3-7-17(15)22(25)26)18(12-16)24-31(27,28)21-11-14-5-2-4-8-19(14)29-21/h1-12,24H,13H2,(H,25,26). The molecule has 0 aliphatic carbocycles. The summed E-state index contributed by atoms with van der Waals surface area (Å²) in [7, 11) is -4.00. The van der Waals surface area contributed by atoms with Crippen LogP contribution in [0.25, 0.3) is 11.0 Å². The van der Waals surface area contributed by atoms with Gasteiger partial charge in [0.1, 0.15) is 5.58 Å². The Morgan fingerprint density at radius 3 is 2.55 bits per heavy atom. The van der Waals surface area contributed by atoms with Gasteiger partial charge in [0.2, 0.25) is 5.09 Å². The van der Waals surface area contributed by atoms with Gasteiger partial charge in [-0.3, -0.25) is 4.72 Å². The Labute approximate surface area is 187 Å². The predicted octanol–water partition coefficient (Wildman–Crippen LogP) is 5.88. The topological polar surface area (TPSA) is 96.6 Å². The number of sulfonamides is 1. The number of nitrogens with one attached hydrogen (secondary N) is 1. The number of carboxylic acid groups (broad SMARTS) is 1. The highest BCUT2D eigenvalue weighted by atomic mass is 35.5. The number of hydrogen-bond acceptors (Lipinski definition) is 5. The number of halogens is 1. The van der Waals surface area contributed by atoms with Gasteiger partial charge in [-0.15, -0.1) is 11.8 Å². The number of carboxylic acids is 1. The molecule has 0 aliphatic heterocycles. The number of hydrogen-bond donors (Lipinski definition) is 2. The number of para-hydroxylation sites is 1. The van der Waals surface area contributed by atoms with Crippen molar-refractivity contribution in [1.29, 1.82) is 0 Å². The van der Waals surface area contributed by atoms with E-state index in [1.165, 1.54) is 30.0 Å². The summed E-state index contributed by atoms with van der Waals surface area (Å²) in [5, 5.41) is 10.2. The second-order valence-electron chi connectivity index (χ2n) is 6.60.